The van der Waals surface area contributed by atoms with Gasteiger partial charge in [0.2, 0.25) is 5.82 Å². The van der Waals surface area contributed by atoms with Crippen LogP contribution in [0.25, 0.3) is 0 Å². The van der Waals surface area contributed by atoms with Crippen LogP contribution in [0.15, 0.2) is 36.4 Å². The second kappa shape index (κ2) is 4.37. The number of nitrogen functional groups attached to an aromatic ring is 1. The number of ether oxygens (including phenoxy) is 1. The molecular weight excluding hydrogens is 231 g/mol. The van der Waals surface area contributed by atoms with E-state index in [1.54, 1.807) is 0 Å². The molecule has 0 saturated heterocycles. The molecule has 0 saturated carbocycles. The molecular formula is C12H8F3NO. The number of halogens is 3. The van der Waals surface area contributed by atoms with Crippen molar-refractivity contribution in [1.29, 1.82) is 0 Å². The lowest BCUT2D eigenvalue weighted by Gasteiger charge is -2.07. The normalized spacial score (nSPS) is 10.3. The van der Waals surface area contributed by atoms with E-state index in [0.29, 0.717) is 11.8 Å². The second-order valence-corrected chi connectivity index (χ2v) is 3.37. The maximum Gasteiger partial charge on any atom is 0.201 e. The Bertz CT molecular complexity index is 540. The monoisotopic (exact) mass is 239 g/mol. The van der Waals surface area contributed by atoms with E-state index >= 15 is 0 Å². The van der Waals surface area contributed by atoms with Crippen molar-refractivity contribution in [2.24, 2.45) is 0 Å². The molecule has 0 amide bonds. The third-order valence-corrected chi connectivity index (χ3v) is 2.07. The fourth-order valence-corrected chi connectivity index (χ4v) is 1.27. The summed E-state index contributed by atoms with van der Waals surface area (Å²) in [6, 6.07) is 7.22. The summed E-state index contributed by atoms with van der Waals surface area (Å²) < 4.78 is 44.0. The van der Waals surface area contributed by atoms with Crippen LogP contribution in [-0.2, 0) is 0 Å². The Morgan fingerprint density at radius 3 is 2.24 bits per heavy atom. The average Bonchev–Trinajstić information content (AvgIpc) is 2.28. The molecule has 0 unspecified atom stereocenters. The summed E-state index contributed by atoms with van der Waals surface area (Å²) in [5.74, 6) is -3.71. The van der Waals surface area contributed by atoms with E-state index in [2.05, 4.69) is 0 Å². The van der Waals surface area contributed by atoms with E-state index in [4.69, 9.17) is 10.5 Å². The van der Waals surface area contributed by atoms with Gasteiger partial charge < -0.3 is 10.5 Å². The largest absolute Gasteiger partial charge is 0.454 e. The zero-order chi connectivity index (χ0) is 12.4. The first kappa shape index (κ1) is 11.3. The van der Waals surface area contributed by atoms with E-state index in [1.165, 1.54) is 24.3 Å². The highest BCUT2D eigenvalue weighted by atomic mass is 19.2. The van der Waals surface area contributed by atoms with E-state index < -0.39 is 23.2 Å². The van der Waals surface area contributed by atoms with Crippen molar-refractivity contribution in [3.8, 4) is 11.5 Å². The first-order valence-electron chi connectivity index (χ1n) is 4.74. The van der Waals surface area contributed by atoms with Crippen LogP contribution in [-0.4, -0.2) is 0 Å². The molecule has 0 aromatic heterocycles. The summed E-state index contributed by atoms with van der Waals surface area (Å²) in [6.07, 6.45) is 0. The Balaban J connectivity index is 2.32. The van der Waals surface area contributed by atoms with Gasteiger partial charge in [-0.15, -0.1) is 0 Å². The molecule has 2 nitrogen and oxygen atoms in total. The van der Waals surface area contributed by atoms with Gasteiger partial charge in [0.05, 0.1) is 0 Å². The zero-order valence-corrected chi connectivity index (χ0v) is 8.58. The third-order valence-electron chi connectivity index (χ3n) is 2.07. The van der Waals surface area contributed by atoms with Crippen molar-refractivity contribution in [3.63, 3.8) is 0 Å². The minimum Gasteiger partial charge on any atom is -0.454 e. The molecule has 2 N–H and O–H groups in total. The maximum atomic E-state index is 13.3. The number of benzene rings is 2. The lowest BCUT2D eigenvalue weighted by atomic mass is 10.3. The molecule has 2 aromatic rings. The SMILES string of the molecule is Nc1ccc(Oc2cc(F)cc(F)c2F)cc1. The summed E-state index contributed by atoms with van der Waals surface area (Å²) in [5, 5.41) is 0. The Kier molecular flexibility index (Phi) is 2.91. The van der Waals surface area contributed by atoms with Crippen molar-refractivity contribution in [3.05, 3.63) is 53.8 Å². The van der Waals surface area contributed by atoms with Crippen LogP contribution in [0, 0.1) is 17.5 Å². The first-order valence-corrected chi connectivity index (χ1v) is 4.74. The molecule has 0 heterocycles. The van der Waals surface area contributed by atoms with E-state index in [1.807, 2.05) is 0 Å². The predicted molar refractivity (Wildman–Crippen MR) is 57.2 cm³/mol. The third kappa shape index (κ3) is 2.50. The topological polar surface area (TPSA) is 35.2 Å². The van der Waals surface area contributed by atoms with Gasteiger partial charge in [-0.1, -0.05) is 0 Å². The number of rotatable bonds is 2. The van der Waals surface area contributed by atoms with Crippen LogP contribution in [0.1, 0.15) is 0 Å². The molecule has 88 valence electrons. The van der Waals surface area contributed by atoms with Crippen LogP contribution in [0.3, 0.4) is 0 Å². The van der Waals surface area contributed by atoms with Gasteiger partial charge in [0.15, 0.2) is 11.6 Å². The second-order valence-electron chi connectivity index (χ2n) is 3.37. The fraction of sp³-hybridized carbons (Fsp3) is 0. The summed E-state index contributed by atoms with van der Waals surface area (Å²) in [4.78, 5) is 0. The highest BCUT2D eigenvalue weighted by Gasteiger charge is 2.12. The van der Waals surface area contributed by atoms with Crippen LogP contribution in [0.4, 0.5) is 18.9 Å². The molecule has 2 rings (SSSR count). The van der Waals surface area contributed by atoms with Crippen molar-refractivity contribution < 1.29 is 17.9 Å². The first-order chi connectivity index (χ1) is 8.06. The standard InChI is InChI=1S/C12H8F3NO/c13-7-5-10(14)12(15)11(6-7)17-9-3-1-8(16)2-4-9/h1-6H,16H2. The van der Waals surface area contributed by atoms with Crippen LogP contribution in [0.5, 0.6) is 11.5 Å². The Morgan fingerprint density at radius 2 is 1.59 bits per heavy atom. The summed E-state index contributed by atoms with van der Waals surface area (Å²) >= 11 is 0. The summed E-state index contributed by atoms with van der Waals surface area (Å²) in [7, 11) is 0. The molecule has 0 aliphatic heterocycles. The van der Waals surface area contributed by atoms with Gasteiger partial charge in [-0.2, -0.15) is 4.39 Å². The predicted octanol–water partition coefficient (Wildman–Crippen LogP) is 3.48. The van der Waals surface area contributed by atoms with Gasteiger partial charge in [-0.25, -0.2) is 8.78 Å². The Hall–Kier alpha value is -2.17. The number of anilines is 1. The highest BCUT2D eigenvalue weighted by Crippen LogP contribution is 2.27. The maximum absolute atomic E-state index is 13.3. The summed E-state index contributed by atoms with van der Waals surface area (Å²) in [5.41, 5.74) is 5.95. The van der Waals surface area contributed by atoms with Gasteiger partial charge in [-0.3, -0.25) is 0 Å². The number of hydrogen-bond donors (Lipinski definition) is 1. The van der Waals surface area contributed by atoms with Crippen molar-refractivity contribution in [2.45, 2.75) is 0 Å². The minimum absolute atomic E-state index is 0.239. The molecule has 0 aliphatic carbocycles. The molecule has 17 heavy (non-hydrogen) atoms. The Labute approximate surface area is 95.4 Å². The molecule has 5 heteroatoms. The lowest BCUT2D eigenvalue weighted by Crippen LogP contribution is -1.94. The molecule has 0 radical (unpaired) electrons. The van der Waals surface area contributed by atoms with Gasteiger partial charge in [0.1, 0.15) is 11.6 Å². The highest BCUT2D eigenvalue weighted by molar-refractivity contribution is 5.43. The minimum atomic E-state index is -1.30. The smallest absolute Gasteiger partial charge is 0.201 e. The van der Waals surface area contributed by atoms with Gasteiger partial charge in [0, 0.05) is 17.8 Å². The molecule has 0 spiro atoms. The zero-order valence-electron chi connectivity index (χ0n) is 8.58. The van der Waals surface area contributed by atoms with Crippen molar-refractivity contribution in [2.75, 3.05) is 5.73 Å². The number of hydrogen-bond acceptors (Lipinski definition) is 2. The Morgan fingerprint density at radius 1 is 0.941 bits per heavy atom. The quantitative estimate of drug-likeness (QED) is 0.643. The van der Waals surface area contributed by atoms with E-state index in [-0.39, 0.29) is 5.75 Å². The summed E-state index contributed by atoms with van der Waals surface area (Å²) in [6.45, 7) is 0. The molecule has 0 fully saturated rings. The average molecular weight is 239 g/mol. The van der Waals surface area contributed by atoms with Crippen LogP contribution in [0.2, 0.25) is 0 Å². The fourth-order valence-electron chi connectivity index (χ4n) is 1.27. The molecule has 0 aliphatic rings. The molecule has 0 bridgehead atoms. The van der Waals surface area contributed by atoms with Gasteiger partial charge in [0.25, 0.3) is 0 Å². The van der Waals surface area contributed by atoms with Crippen LogP contribution < -0.4 is 10.5 Å². The van der Waals surface area contributed by atoms with Gasteiger partial charge in [-0.05, 0) is 24.3 Å². The molecule has 2 aromatic carbocycles. The molecule has 0 atom stereocenters. The van der Waals surface area contributed by atoms with Gasteiger partial charge >= 0.3 is 0 Å². The van der Waals surface area contributed by atoms with E-state index in [9.17, 15) is 13.2 Å². The van der Waals surface area contributed by atoms with E-state index in [0.717, 1.165) is 6.07 Å². The van der Waals surface area contributed by atoms with Crippen molar-refractivity contribution >= 4 is 5.69 Å². The van der Waals surface area contributed by atoms with Crippen LogP contribution >= 0.6 is 0 Å². The number of nitrogens with two attached hydrogens (primary N) is 1. The lowest BCUT2D eigenvalue weighted by molar-refractivity contribution is 0.408. The van der Waals surface area contributed by atoms with Crippen molar-refractivity contribution in [1.82, 2.24) is 0 Å².